The second-order valence-electron chi connectivity index (χ2n) is 10.9. The third-order valence-electron chi connectivity index (χ3n) is 7.70. The molecule has 6 rings (SSSR count). The smallest absolute Gasteiger partial charge is 0.183 e. The highest BCUT2D eigenvalue weighted by Gasteiger charge is 2.28. The van der Waals surface area contributed by atoms with Crippen LogP contribution in [0, 0.1) is 20.8 Å². The molecular formula is C38H33NO2S. The maximum atomic E-state index is 13.9. The van der Waals surface area contributed by atoms with Gasteiger partial charge >= 0.3 is 0 Å². The van der Waals surface area contributed by atoms with Crippen molar-refractivity contribution in [3.63, 3.8) is 0 Å². The molecule has 5 aromatic carbocycles. The van der Waals surface area contributed by atoms with E-state index in [0.29, 0.717) is 10.6 Å². The number of hydrogen-bond donors (Lipinski definition) is 0. The fourth-order valence-electron chi connectivity index (χ4n) is 5.90. The molecule has 0 fully saturated rings. The zero-order valence-electron chi connectivity index (χ0n) is 24.1. The molecule has 0 saturated heterocycles. The topological polar surface area (TPSA) is 37.4 Å². The molecule has 0 bridgehead atoms. The first kappa shape index (κ1) is 27.5. The Hall–Kier alpha value is -4.67. The van der Waals surface area contributed by atoms with E-state index >= 15 is 0 Å². The van der Waals surface area contributed by atoms with Gasteiger partial charge in [0.2, 0.25) is 0 Å². The van der Waals surface area contributed by atoms with Crippen LogP contribution >= 0.6 is 0 Å². The maximum absolute atomic E-state index is 13.9. The summed E-state index contributed by atoms with van der Waals surface area (Å²) in [5, 5.41) is 0. The Balaban J connectivity index is 1.59. The highest BCUT2D eigenvalue weighted by Crippen LogP contribution is 2.42. The summed E-state index contributed by atoms with van der Waals surface area (Å²) in [5.41, 5.74) is 11.3. The van der Waals surface area contributed by atoms with Crippen molar-refractivity contribution in [1.82, 2.24) is 0 Å². The largest absolute Gasteiger partial charge is 0.312 e. The van der Waals surface area contributed by atoms with Gasteiger partial charge in [-0.2, -0.15) is 0 Å². The molecule has 1 aliphatic rings. The van der Waals surface area contributed by atoms with Crippen LogP contribution in [-0.4, -0.2) is 14.2 Å². The maximum Gasteiger partial charge on any atom is 0.183 e. The molecule has 0 atom stereocenters. The Morgan fingerprint density at radius 2 is 1.19 bits per heavy atom. The molecule has 0 aromatic heterocycles. The zero-order chi connectivity index (χ0) is 29.3. The minimum atomic E-state index is -3.65. The lowest BCUT2D eigenvalue weighted by atomic mass is 9.97. The molecule has 0 spiro atoms. The van der Waals surface area contributed by atoms with E-state index in [9.17, 15) is 8.42 Å². The number of fused-ring (bicyclic) bond motifs is 1. The van der Waals surface area contributed by atoms with Crippen molar-refractivity contribution in [3.05, 3.63) is 161 Å². The van der Waals surface area contributed by atoms with Crippen molar-refractivity contribution in [2.24, 2.45) is 0 Å². The zero-order valence-corrected chi connectivity index (χ0v) is 24.9. The lowest BCUT2D eigenvalue weighted by molar-refractivity contribution is 0.598. The summed E-state index contributed by atoms with van der Waals surface area (Å²) in [6.45, 7) is 6.30. The summed E-state index contributed by atoms with van der Waals surface area (Å²) in [6.07, 6.45) is 4.23. The Kier molecular flexibility index (Phi) is 7.40. The van der Waals surface area contributed by atoms with Crippen molar-refractivity contribution in [1.29, 1.82) is 0 Å². The molecule has 1 heterocycles. The third kappa shape index (κ3) is 5.46. The molecule has 0 N–H and O–H groups in total. The van der Waals surface area contributed by atoms with Gasteiger partial charge in [0.1, 0.15) is 0 Å². The van der Waals surface area contributed by atoms with Crippen LogP contribution in [0.1, 0.15) is 27.8 Å². The standard InChI is InChI=1S/C38H33NO2S/c1-27-21-28(2)38(29(3)22-27)39-35(26-42(40,41)36-18-8-5-9-19-36)25-34(24-33-15-10-11-20-37(33)39)32-17-12-16-31(23-32)30-13-6-4-7-14-30/h4-25H,26H2,1-3H3. The average molecular weight is 568 g/mol. The lowest BCUT2D eigenvalue weighted by Gasteiger charge is -2.31. The van der Waals surface area contributed by atoms with Gasteiger partial charge < -0.3 is 4.90 Å². The summed E-state index contributed by atoms with van der Waals surface area (Å²) in [6, 6.07) is 40.1. The predicted molar refractivity (Wildman–Crippen MR) is 176 cm³/mol. The number of hydrogen-bond acceptors (Lipinski definition) is 3. The minimum absolute atomic E-state index is 0.145. The van der Waals surface area contributed by atoms with Gasteiger partial charge in [0.15, 0.2) is 9.84 Å². The van der Waals surface area contributed by atoms with Gasteiger partial charge in [0.05, 0.1) is 22.0 Å². The Bertz CT molecular complexity index is 1920. The van der Waals surface area contributed by atoms with Crippen LogP contribution in [0.3, 0.4) is 0 Å². The van der Waals surface area contributed by atoms with Gasteiger partial charge in [0, 0.05) is 5.70 Å². The lowest BCUT2D eigenvalue weighted by Crippen LogP contribution is -2.25. The number of nitrogens with zero attached hydrogens (tertiary/aromatic N) is 1. The van der Waals surface area contributed by atoms with Crippen molar-refractivity contribution < 1.29 is 8.42 Å². The van der Waals surface area contributed by atoms with Gasteiger partial charge in [0.25, 0.3) is 0 Å². The first-order valence-electron chi connectivity index (χ1n) is 14.1. The van der Waals surface area contributed by atoms with Crippen LogP contribution in [0.4, 0.5) is 11.4 Å². The molecule has 5 aromatic rings. The number of benzene rings is 5. The number of sulfone groups is 1. The quantitative estimate of drug-likeness (QED) is 0.205. The number of aryl methyl sites for hydroxylation is 3. The monoisotopic (exact) mass is 567 g/mol. The number of para-hydroxylation sites is 1. The minimum Gasteiger partial charge on any atom is -0.312 e. The highest BCUT2D eigenvalue weighted by molar-refractivity contribution is 7.91. The van der Waals surface area contributed by atoms with E-state index in [-0.39, 0.29) is 5.75 Å². The predicted octanol–water partition coefficient (Wildman–Crippen LogP) is 9.33. The van der Waals surface area contributed by atoms with E-state index in [1.165, 1.54) is 5.56 Å². The molecule has 0 aliphatic carbocycles. The normalized spacial score (nSPS) is 13.2. The van der Waals surface area contributed by atoms with E-state index in [1.807, 2.05) is 36.4 Å². The molecule has 4 heteroatoms. The molecule has 1 aliphatic heterocycles. The first-order valence-corrected chi connectivity index (χ1v) is 15.8. The molecule has 3 nitrogen and oxygen atoms in total. The summed E-state index contributed by atoms with van der Waals surface area (Å²) >= 11 is 0. The molecule has 0 radical (unpaired) electrons. The Morgan fingerprint density at radius 1 is 0.595 bits per heavy atom. The third-order valence-corrected chi connectivity index (χ3v) is 9.37. The van der Waals surface area contributed by atoms with Gasteiger partial charge in [-0.3, -0.25) is 0 Å². The van der Waals surface area contributed by atoms with E-state index in [2.05, 4.69) is 98.5 Å². The number of allylic oxidation sites excluding steroid dienone is 2. The fourth-order valence-corrected chi connectivity index (χ4v) is 7.24. The second kappa shape index (κ2) is 11.3. The van der Waals surface area contributed by atoms with Gasteiger partial charge in [-0.25, -0.2) is 8.42 Å². The summed E-state index contributed by atoms with van der Waals surface area (Å²) in [7, 11) is -3.65. The van der Waals surface area contributed by atoms with Gasteiger partial charge in [-0.05, 0) is 96.1 Å². The van der Waals surface area contributed by atoms with Crippen LogP contribution in [0.2, 0.25) is 0 Å². The number of rotatable bonds is 6. The van der Waals surface area contributed by atoms with E-state index in [1.54, 1.807) is 24.3 Å². The summed E-state index contributed by atoms with van der Waals surface area (Å²) in [5.74, 6) is -0.145. The van der Waals surface area contributed by atoms with Crippen molar-refractivity contribution in [3.8, 4) is 11.1 Å². The van der Waals surface area contributed by atoms with Gasteiger partial charge in [-0.15, -0.1) is 0 Å². The van der Waals surface area contributed by atoms with E-state index < -0.39 is 9.84 Å². The van der Waals surface area contributed by atoms with Crippen LogP contribution < -0.4 is 4.90 Å². The van der Waals surface area contributed by atoms with Crippen molar-refractivity contribution in [2.45, 2.75) is 25.7 Å². The SMILES string of the molecule is Cc1cc(C)c(N2C(CS(=O)(=O)c3ccccc3)=CC(c3cccc(-c4ccccc4)c3)=Cc3ccccc32)c(C)c1. The first-order chi connectivity index (χ1) is 20.3. The van der Waals surface area contributed by atoms with E-state index in [0.717, 1.165) is 50.3 Å². The summed E-state index contributed by atoms with van der Waals surface area (Å²) < 4.78 is 27.8. The molecule has 0 unspecified atom stereocenters. The summed E-state index contributed by atoms with van der Waals surface area (Å²) in [4.78, 5) is 2.47. The number of anilines is 2. The van der Waals surface area contributed by atoms with Crippen LogP contribution in [0.15, 0.2) is 138 Å². The molecule has 0 saturated carbocycles. The second-order valence-corrected chi connectivity index (χ2v) is 12.9. The van der Waals surface area contributed by atoms with Crippen LogP contribution in [0.25, 0.3) is 22.8 Å². The van der Waals surface area contributed by atoms with Crippen LogP contribution in [-0.2, 0) is 9.84 Å². The fraction of sp³-hybridized carbons (Fsp3) is 0.105. The molecular weight excluding hydrogens is 534 g/mol. The molecule has 208 valence electrons. The van der Waals surface area contributed by atoms with Gasteiger partial charge in [-0.1, -0.05) is 103 Å². The molecule has 42 heavy (non-hydrogen) atoms. The van der Waals surface area contributed by atoms with Crippen LogP contribution in [0.5, 0.6) is 0 Å². The highest BCUT2D eigenvalue weighted by atomic mass is 32.2. The Morgan fingerprint density at radius 3 is 1.90 bits per heavy atom. The van der Waals surface area contributed by atoms with Crippen molar-refractivity contribution in [2.75, 3.05) is 10.7 Å². The molecule has 0 amide bonds. The van der Waals surface area contributed by atoms with E-state index in [4.69, 9.17) is 0 Å². The Labute approximate surface area is 249 Å². The van der Waals surface area contributed by atoms with Crippen molar-refractivity contribution >= 4 is 32.9 Å². The average Bonchev–Trinajstić information content (AvgIpc) is 3.14.